The lowest BCUT2D eigenvalue weighted by atomic mass is 10.1. The Bertz CT molecular complexity index is 364. The van der Waals surface area contributed by atoms with E-state index in [-0.39, 0.29) is 11.8 Å². The quantitative estimate of drug-likeness (QED) is 0.701. The number of amides is 1. The van der Waals surface area contributed by atoms with Crippen molar-refractivity contribution in [2.24, 2.45) is 0 Å². The fraction of sp³-hybridized carbons (Fsp3) is 0.444. The van der Waals surface area contributed by atoms with Gasteiger partial charge in [-0.05, 0) is 18.1 Å². The SMILES string of the molecule is O=C(CCl)N1CCc2sc(Cl)cc2C1. The normalized spacial score (nSPS) is 15.4. The number of carbonyl (C=O) groups excluding carboxylic acids is 1. The van der Waals surface area contributed by atoms with E-state index in [0.29, 0.717) is 6.54 Å². The predicted octanol–water partition coefficient (Wildman–Crippen LogP) is 2.53. The van der Waals surface area contributed by atoms with Gasteiger partial charge in [0, 0.05) is 18.0 Å². The van der Waals surface area contributed by atoms with Gasteiger partial charge in [-0.15, -0.1) is 22.9 Å². The molecule has 0 fully saturated rings. The summed E-state index contributed by atoms with van der Waals surface area (Å²) < 4.78 is 0.801. The number of carbonyl (C=O) groups is 1. The van der Waals surface area contributed by atoms with Crippen molar-refractivity contribution in [3.8, 4) is 0 Å². The number of thiophene rings is 1. The fourth-order valence-electron chi connectivity index (χ4n) is 1.59. The Hall–Kier alpha value is -0.250. The highest BCUT2D eigenvalue weighted by molar-refractivity contribution is 7.16. The molecule has 0 radical (unpaired) electrons. The molecule has 5 heteroatoms. The van der Waals surface area contributed by atoms with Gasteiger partial charge in [-0.2, -0.15) is 0 Å². The van der Waals surface area contributed by atoms with Gasteiger partial charge >= 0.3 is 0 Å². The second kappa shape index (κ2) is 4.09. The van der Waals surface area contributed by atoms with Crippen LogP contribution < -0.4 is 0 Å². The van der Waals surface area contributed by atoms with Crippen molar-refractivity contribution in [1.82, 2.24) is 4.90 Å². The van der Waals surface area contributed by atoms with E-state index < -0.39 is 0 Å². The van der Waals surface area contributed by atoms with Crippen LogP contribution in [0.3, 0.4) is 0 Å². The molecule has 1 aliphatic heterocycles. The van der Waals surface area contributed by atoms with Crippen molar-refractivity contribution >= 4 is 40.4 Å². The largest absolute Gasteiger partial charge is 0.337 e. The molecule has 14 heavy (non-hydrogen) atoms. The number of alkyl halides is 1. The second-order valence-corrected chi connectivity index (χ2v) is 5.23. The van der Waals surface area contributed by atoms with Gasteiger partial charge in [-0.1, -0.05) is 11.6 Å². The Labute approximate surface area is 96.4 Å². The van der Waals surface area contributed by atoms with Crippen LogP contribution >= 0.6 is 34.5 Å². The van der Waals surface area contributed by atoms with E-state index in [1.807, 2.05) is 6.07 Å². The lowest BCUT2D eigenvalue weighted by Gasteiger charge is -2.26. The minimum absolute atomic E-state index is 0.000334. The monoisotopic (exact) mass is 249 g/mol. The molecule has 0 atom stereocenters. The van der Waals surface area contributed by atoms with Gasteiger partial charge in [0.15, 0.2) is 0 Å². The molecular formula is C9H9Cl2NOS. The van der Waals surface area contributed by atoms with Crippen molar-refractivity contribution < 1.29 is 4.79 Å². The number of hydrogen-bond acceptors (Lipinski definition) is 2. The van der Waals surface area contributed by atoms with E-state index in [9.17, 15) is 4.79 Å². The molecule has 76 valence electrons. The highest BCUT2D eigenvalue weighted by Gasteiger charge is 2.21. The lowest BCUT2D eigenvalue weighted by molar-refractivity contribution is -0.129. The van der Waals surface area contributed by atoms with Crippen molar-refractivity contribution in [2.45, 2.75) is 13.0 Å². The van der Waals surface area contributed by atoms with Gasteiger partial charge in [-0.25, -0.2) is 0 Å². The standard InChI is InChI=1S/C9H9Cl2NOS/c10-4-9(13)12-2-1-7-6(5-12)3-8(11)14-7/h3H,1-2,4-5H2. The minimum Gasteiger partial charge on any atom is -0.337 e. The maximum absolute atomic E-state index is 11.3. The number of rotatable bonds is 1. The van der Waals surface area contributed by atoms with Gasteiger partial charge in [0.05, 0.1) is 4.34 Å². The zero-order valence-corrected chi connectivity index (χ0v) is 9.75. The first-order chi connectivity index (χ1) is 6.70. The molecule has 0 unspecified atom stereocenters. The molecule has 2 heterocycles. The average molecular weight is 250 g/mol. The van der Waals surface area contributed by atoms with Crippen molar-refractivity contribution in [2.75, 3.05) is 12.4 Å². The Kier molecular flexibility index (Phi) is 3.00. The maximum atomic E-state index is 11.3. The molecule has 2 nitrogen and oxygen atoms in total. The Morgan fingerprint density at radius 3 is 3.14 bits per heavy atom. The molecule has 0 N–H and O–H groups in total. The lowest BCUT2D eigenvalue weighted by Crippen LogP contribution is -2.36. The smallest absolute Gasteiger partial charge is 0.237 e. The number of halogens is 2. The molecular weight excluding hydrogens is 241 g/mol. The van der Waals surface area contributed by atoms with Crippen LogP contribution in [0.4, 0.5) is 0 Å². The van der Waals surface area contributed by atoms with Crippen LogP contribution in [0.1, 0.15) is 10.4 Å². The van der Waals surface area contributed by atoms with Crippen LogP contribution in [0.2, 0.25) is 4.34 Å². The molecule has 1 aromatic rings. The Morgan fingerprint density at radius 1 is 1.64 bits per heavy atom. The van der Waals surface area contributed by atoms with Crippen LogP contribution in [-0.4, -0.2) is 23.2 Å². The van der Waals surface area contributed by atoms with Crippen molar-refractivity contribution in [3.05, 3.63) is 20.8 Å². The van der Waals surface area contributed by atoms with E-state index in [0.717, 1.165) is 17.3 Å². The first-order valence-electron chi connectivity index (χ1n) is 4.31. The highest BCUT2D eigenvalue weighted by Crippen LogP contribution is 2.31. The summed E-state index contributed by atoms with van der Waals surface area (Å²) in [5, 5.41) is 0. The van der Waals surface area contributed by atoms with Gasteiger partial charge in [0.1, 0.15) is 5.88 Å². The van der Waals surface area contributed by atoms with Crippen LogP contribution in [0.15, 0.2) is 6.07 Å². The van der Waals surface area contributed by atoms with Gasteiger partial charge < -0.3 is 4.90 Å². The summed E-state index contributed by atoms with van der Waals surface area (Å²) >= 11 is 13.0. The zero-order chi connectivity index (χ0) is 10.1. The first kappa shape index (κ1) is 10.3. The first-order valence-corrected chi connectivity index (χ1v) is 6.04. The summed E-state index contributed by atoms with van der Waals surface area (Å²) in [6, 6.07) is 1.94. The number of hydrogen-bond donors (Lipinski definition) is 0. The molecule has 0 saturated heterocycles. The summed E-state index contributed by atoms with van der Waals surface area (Å²) in [4.78, 5) is 14.4. The Balaban J connectivity index is 2.16. The summed E-state index contributed by atoms with van der Waals surface area (Å²) in [5.74, 6) is 0.0624. The summed E-state index contributed by atoms with van der Waals surface area (Å²) in [6.07, 6.45) is 0.898. The van der Waals surface area contributed by atoms with Crippen molar-refractivity contribution in [3.63, 3.8) is 0 Å². The molecule has 0 aromatic carbocycles. The van der Waals surface area contributed by atoms with E-state index in [2.05, 4.69) is 0 Å². The van der Waals surface area contributed by atoms with Crippen LogP contribution in [0.5, 0.6) is 0 Å². The van der Waals surface area contributed by atoms with E-state index in [4.69, 9.17) is 23.2 Å². The number of nitrogens with zero attached hydrogens (tertiary/aromatic N) is 1. The molecule has 0 bridgehead atoms. The highest BCUT2D eigenvalue weighted by atomic mass is 35.5. The van der Waals surface area contributed by atoms with E-state index in [1.54, 1.807) is 16.2 Å². The van der Waals surface area contributed by atoms with Crippen LogP contribution in [0, 0.1) is 0 Å². The van der Waals surface area contributed by atoms with Crippen LogP contribution in [0.25, 0.3) is 0 Å². The maximum Gasteiger partial charge on any atom is 0.237 e. The van der Waals surface area contributed by atoms with Gasteiger partial charge in [0.25, 0.3) is 0 Å². The summed E-state index contributed by atoms with van der Waals surface area (Å²) in [7, 11) is 0. The second-order valence-electron chi connectivity index (χ2n) is 3.20. The molecule has 0 saturated carbocycles. The third-order valence-electron chi connectivity index (χ3n) is 2.30. The van der Waals surface area contributed by atoms with Gasteiger partial charge in [-0.3, -0.25) is 4.79 Å². The fourth-order valence-corrected chi connectivity index (χ4v) is 3.06. The van der Waals surface area contributed by atoms with Crippen LogP contribution in [-0.2, 0) is 17.8 Å². The minimum atomic E-state index is -0.000334. The van der Waals surface area contributed by atoms with Gasteiger partial charge in [0.2, 0.25) is 5.91 Å². The topological polar surface area (TPSA) is 20.3 Å². The molecule has 1 aliphatic rings. The molecule has 1 amide bonds. The third-order valence-corrected chi connectivity index (χ3v) is 3.90. The van der Waals surface area contributed by atoms with E-state index >= 15 is 0 Å². The molecule has 1 aromatic heterocycles. The zero-order valence-electron chi connectivity index (χ0n) is 7.43. The molecule has 0 aliphatic carbocycles. The molecule has 2 rings (SSSR count). The average Bonchev–Trinajstić information content (AvgIpc) is 2.55. The number of fused-ring (bicyclic) bond motifs is 1. The Morgan fingerprint density at radius 2 is 2.43 bits per heavy atom. The predicted molar refractivity (Wildman–Crippen MR) is 59.2 cm³/mol. The summed E-state index contributed by atoms with van der Waals surface area (Å²) in [5.41, 5.74) is 1.17. The van der Waals surface area contributed by atoms with E-state index in [1.165, 1.54) is 10.4 Å². The van der Waals surface area contributed by atoms with Crippen molar-refractivity contribution in [1.29, 1.82) is 0 Å². The summed E-state index contributed by atoms with van der Waals surface area (Å²) in [6.45, 7) is 1.42. The third kappa shape index (κ3) is 1.90. The molecule has 0 spiro atoms.